The molecule has 0 aliphatic heterocycles. The second-order valence-corrected chi connectivity index (χ2v) is 4.15. The molecule has 1 aromatic heterocycles. The van der Waals surface area contributed by atoms with Crippen LogP contribution in [0.15, 0.2) is 6.20 Å². The van der Waals surface area contributed by atoms with E-state index in [2.05, 4.69) is 30.6 Å². The first-order chi connectivity index (χ1) is 6.69. The van der Waals surface area contributed by atoms with Gasteiger partial charge in [-0.3, -0.25) is 4.68 Å². The normalized spacial score (nSPS) is 11.2. The third-order valence-electron chi connectivity index (χ3n) is 2.28. The molecule has 3 heteroatoms. The molecule has 0 unspecified atom stereocenters. The van der Waals surface area contributed by atoms with Crippen LogP contribution in [-0.4, -0.2) is 9.78 Å². The number of rotatable bonds is 5. The molecule has 1 heterocycles. The van der Waals surface area contributed by atoms with Crippen molar-refractivity contribution in [2.24, 2.45) is 11.7 Å². The van der Waals surface area contributed by atoms with Crippen LogP contribution >= 0.6 is 0 Å². The van der Waals surface area contributed by atoms with E-state index in [-0.39, 0.29) is 0 Å². The van der Waals surface area contributed by atoms with Crippen molar-refractivity contribution >= 4 is 0 Å². The fourth-order valence-corrected chi connectivity index (χ4v) is 1.65. The highest BCUT2D eigenvalue weighted by Crippen LogP contribution is 2.12. The molecule has 3 nitrogen and oxygen atoms in total. The molecular formula is C11H21N3. The average Bonchev–Trinajstić information content (AvgIpc) is 2.48. The SMILES string of the molecule is CCCc1c(CN)cnn1CC(C)C. The molecule has 0 aliphatic carbocycles. The van der Waals surface area contributed by atoms with Crippen molar-refractivity contribution in [2.45, 2.75) is 46.7 Å². The number of nitrogens with two attached hydrogens (primary N) is 1. The van der Waals surface area contributed by atoms with E-state index in [9.17, 15) is 0 Å². The van der Waals surface area contributed by atoms with Crippen molar-refractivity contribution in [3.8, 4) is 0 Å². The lowest BCUT2D eigenvalue weighted by molar-refractivity contribution is 0.466. The highest BCUT2D eigenvalue weighted by atomic mass is 15.3. The van der Waals surface area contributed by atoms with Crippen LogP contribution < -0.4 is 5.73 Å². The van der Waals surface area contributed by atoms with Crippen molar-refractivity contribution in [1.29, 1.82) is 0 Å². The number of nitrogens with zero attached hydrogens (tertiary/aromatic N) is 2. The molecule has 0 atom stereocenters. The van der Waals surface area contributed by atoms with Crippen molar-refractivity contribution in [2.75, 3.05) is 0 Å². The Morgan fingerprint density at radius 1 is 1.50 bits per heavy atom. The Morgan fingerprint density at radius 2 is 2.21 bits per heavy atom. The van der Waals surface area contributed by atoms with Gasteiger partial charge in [0.05, 0.1) is 6.20 Å². The Hall–Kier alpha value is -0.830. The fourth-order valence-electron chi connectivity index (χ4n) is 1.65. The van der Waals surface area contributed by atoms with E-state index in [0.29, 0.717) is 12.5 Å². The zero-order chi connectivity index (χ0) is 10.6. The quantitative estimate of drug-likeness (QED) is 0.780. The van der Waals surface area contributed by atoms with Crippen molar-refractivity contribution < 1.29 is 0 Å². The molecule has 0 amide bonds. The van der Waals surface area contributed by atoms with Gasteiger partial charge >= 0.3 is 0 Å². The average molecular weight is 195 g/mol. The smallest absolute Gasteiger partial charge is 0.0537 e. The predicted molar refractivity (Wildman–Crippen MR) is 59.0 cm³/mol. The van der Waals surface area contributed by atoms with Gasteiger partial charge in [-0.05, 0) is 12.3 Å². The predicted octanol–water partition coefficient (Wildman–Crippen LogP) is 1.95. The van der Waals surface area contributed by atoms with Crippen LogP contribution in [0.2, 0.25) is 0 Å². The maximum absolute atomic E-state index is 5.67. The summed E-state index contributed by atoms with van der Waals surface area (Å²) in [5.41, 5.74) is 8.20. The third kappa shape index (κ3) is 2.58. The Labute approximate surface area is 86.3 Å². The highest BCUT2D eigenvalue weighted by molar-refractivity contribution is 5.17. The van der Waals surface area contributed by atoms with Crippen LogP contribution in [0.1, 0.15) is 38.4 Å². The number of aromatic nitrogens is 2. The molecule has 0 fully saturated rings. The van der Waals surface area contributed by atoms with E-state index in [0.717, 1.165) is 19.4 Å². The molecule has 0 bridgehead atoms. The number of hydrogen-bond donors (Lipinski definition) is 1. The highest BCUT2D eigenvalue weighted by Gasteiger charge is 2.09. The first-order valence-electron chi connectivity index (χ1n) is 5.42. The molecule has 0 spiro atoms. The minimum absolute atomic E-state index is 0.605. The van der Waals surface area contributed by atoms with Crippen LogP contribution in [0, 0.1) is 5.92 Å². The summed E-state index contributed by atoms with van der Waals surface area (Å²) in [5, 5.41) is 4.38. The zero-order valence-corrected chi connectivity index (χ0v) is 9.45. The lowest BCUT2D eigenvalue weighted by Gasteiger charge is -2.10. The van der Waals surface area contributed by atoms with Gasteiger partial charge in [0, 0.05) is 24.3 Å². The largest absolute Gasteiger partial charge is 0.326 e. The minimum atomic E-state index is 0.605. The van der Waals surface area contributed by atoms with E-state index in [1.807, 2.05) is 6.20 Å². The summed E-state index contributed by atoms with van der Waals surface area (Å²) in [6, 6.07) is 0. The Morgan fingerprint density at radius 3 is 2.71 bits per heavy atom. The molecule has 80 valence electrons. The van der Waals surface area contributed by atoms with Gasteiger partial charge in [-0.25, -0.2) is 0 Å². The second-order valence-electron chi connectivity index (χ2n) is 4.15. The van der Waals surface area contributed by atoms with Gasteiger partial charge in [0.2, 0.25) is 0 Å². The summed E-state index contributed by atoms with van der Waals surface area (Å²) in [7, 11) is 0. The van der Waals surface area contributed by atoms with E-state index in [4.69, 9.17) is 5.73 Å². The van der Waals surface area contributed by atoms with Gasteiger partial charge in [0.15, 0.2) is 0 Å². The van der Waals surface area contributed by atoms with Gasteiger partial charge < -0.3 is 5.73 Å². The molecule has 1 aromatic rings. The van der Waals surface area contributed by atoms with Crippen LogP contribution in [0.5, 0.6) is 0 Å². The first-order valence-corrected chi connectivity index (χ1v) is 5.42. The van der Waals surface area contributed by atoms with Gasteiger partial charge in [0.1, 0.15) is 0 Å². The molecule has 0 radical (unpaired) electrons. The number of hydrogen-bond acceptors (Lipinski definition) is 2. The minimum Gasteiger partial charge on any atom is -0.326 e. The topological polar surface area (TPSA) is 43.8 Å². The van der Waals surface area contributed by atoms with Gasteiger partial charge in [-0.15, -0.1) is 0 Å². The van der Waals surface area contributed by atoms with Gasteiger partial charge in [-0.1, -0.05) is 27.2 Å². The summed E-state index contributed by atoms with van der Waals surface area (Å²) in [4.78, 5) is 0. The molecular weight excluding hydrogens is 174 g/mol. The summed E-state index contributed by atoms with van der Waals surface area (Å²) >= 11 is 0. The molecule has 0 saturated carbocycles. The van der Waals surface area contributed by atoms with Crippen molar-refractivity contribution in [3.63, 3.8) is 0 Å². The van der Waals surface area contributed by atoms with Gasteiger partial charge in [0.25, 0.3) is 0 Å². The van der Waals surface area contributed by atoms with Crippen LogP contribution in [-0.2, 0) is 19.5 Å². The molecule has 0 aliphatic rings. The van der Waals surface area contributed by atoms with E-state index in [1.54, 1.807) is 0 Å². The molecule has 0 saturated heterocycles. The molecule has 14 heavy (non-hydrogen) atoms. The molecule has 0 aromatic carbocycles. The summed E-state index contributed by atoms with van der Waals surface area (Å²) in [6.45, 7) is 8.20. The van der Waals surface area contributed by atoms with Crippen LogP contribution in [0.25, 0.3) is 0 Å². The maximum Gasteiger partial charge on any atom is 0.0537 e. The molecule has 1 rings (SSSR count). The zero-order valence-electron chi connectivity index (χ0n) is 9.45. The Kier molecular flexibility index (Phi) is 4.14. The van der Waals surface area contributed by atoms with Crippen molar-refractivity contribution in [1.82, 2.24) is 9.78 Å². The summed E-state index contributed by atoms with van der Waals surface area (Å²) in [5.74, 6) is 0.635. The van der Waals surface area contributed by atoms with E-state index in [1.165, 1.54) is 11.3 Å². The second kappa shape index (κ2) is 5.15. The monoisotopic (exact) mass is 195 g/mol. The van der Waals surface area contributed by atoms with E-state index < -0.39 is 0 Å². The summed E-state index contributed by atoms with van der Waals surface area (Å²) in [6.07, 6.45) is 4.14. The Bertz CT molecular complexity index is 276. The lowest BCUT2D eigenvalue weighted by Crippen LogP contribution is -2.11. The Balaban J connectivity index is 2.86. The van der Waals surface area contributed by atoms with Crippen molar-refractivity contribution in [3.05, 3.63) is 17.5 Å². The fraction of sp³-hybridized carbons (Fsp3) is 0.727. The third-order valence-corrected chi connectivity index (χ3v) is 2.28. The maximum atomic E-state index is 5.67. The van der Waals surface area contributed by atoms with Gasteiger partial charge in [-0.2, -0.15) is 5.10 Å². The summed E-state index contributed by atoms with van der Waals surface area (Å²) < 4.78 is 2.11. The van der Waals surface area contributed by atoms with Crippen LogP contribution in [0.4, 0.5) is 0 Å². The first kappa shape index (κ1) is 11.2. The lowest BCUT2D eigenvalue weighted by atomic mass is 10.1. The van der Waals surface area contributed by atoms with Crippen LogP contribution in [0.3, 0.4) is 0 Å². The molecule has 2 N–H and O–H groups in total. The van der Waals surface area contributed by atoms with E-state index >= 15 is 0 Å². The standard InChI is InChI=1S/C11H21N3/c1-4-5-11-10(6-12)7-13-14(11)8-9(2)3/h7,9H,4-6,8,12H2,1-3H3.